The molecule has 0 spiro atoms. The summed E-state index contributed by atoms with van der Waals surface area (Å²) in [6.45, 7) is 2.53. The lowest BCUT2D eigenvalue weighted by atomic mass is 9.77. The van der Waals surface area contributed by atoms with E-state index in [9.17, 15) is 50.3 Å². The number of amides is 2. The Bertz CT molecular complexity index is 2080. The van der Waals surface area contributed by atoms with Crippen molar-refractivity contribution >= 4 is 35.4 Å². The fourth-order valence-corrected chi connectivity index (χ4v) is 5.94. The lowest BCUT2D eigenvalue weighted by molar-refractivity contribution is -0.167. The predicted molar refractivity (Wildman–Crippen MR) is 195 cm³/mol. The molecule has 0 bridgehead atoms. The second kappa shape index (κ2) is 18.2. The van der Waals surface area contributed by atoms with E-state index in [-0.39, 0.29) is 58.7 Å². The van der Waals surface area contributed by atoms with Crippen LogP contribution in [0.1, 0.15) is 63.2 Å². The quantitative estimate of drug-likeness (QED) is 0.0591. The van der Waals surface area contributed by atoms with Crippen LogP contribution in [0.2, 0.25) is 0 Å². The van der Waals surface area contributed by atoms with E-state index in [1.165, 1.54) is 44.4 Å². The largest absolute Gasteiger partial charge is 0.465 e. The number of benzene rings is 4. The summed E-state index contributed by atoms with van der Waals surface area (Å²) in [6, 6.07) is 17.4. The second-order valence-electron chi connectivity index (χ2n) is 12.7. The van der Waals surface area contributed by atoms with Gasteiger partial charge >= 0.3 is 30.3 Å². The normalized spacial score (nSPS) is 11.7. The predicted octanol–water partition coefficient (Wildman–Crippen LogP) is 7.89. The molecule has 0 atom stereocenters. The van der Waals surface area contributed by atoms with Gasteiger partial charge in [0.1, 0.15) is 0 Å². The Balaban J connectivity index is 1.66. The number of nitrogens with one attached hydrogen (secondary N) is 1. The lowest BCUT2D eigenvalue weighted by Gasteiger charge is -2.29. The minimum atomic E-state index is -4.86. The van der Waals surface area contributed by atoms with Crippen molar-refractivity contribution in [2.45, 2.75) is 44.5 Å². The molecular weight excluding hydrogens is 762 g/mol. The molecule has 0 saturated carbocycles. The SMILES string of the molecule is CCOC(=O)C(CCOC(=O)Cc1cccc(NC(=O)c2ccc(C(F)(F)F)cc2-c2ccc(C(F)(F)F)cc2)c1C(=O)N(C)C)(C(=O)OCC)c1ccccc1. The van der Waals surface area contributed by atoms with Crippen LogP contribution in [0, 0.1) is 0 Å². The van der Waals surface area contributed by atoms with Crippen molar-refractivity contribution in [3.8, 4) is 11.1 Å². The van der Waals surface area contributed by atoms with Gasteiger partial charge in [0.25, 0.3) is 11.8 Å². The molecule has 1 N–H and O–H groups in total. The van der Waals surface area contributed by atoms with Gasteiger partial charge in [-0.05, 0) is 72.5 Å². The molecule has 0 aliphatic rings. The highest BCUT2D eigenvalue weighted by molar-refractivity contribution is 6.12. The number of carbonyl (C=O) groups is 5. The van der Waals surface area contributed by atoms with Gasteiger partial charge < -0.3 is 24.4 Å². The molecule has 302 valence electrons. The number of hydrogen-bond donors (Lipinski definition) is 1. The van der Waals surface area contributed by atoms with Crippen molar-refractivity contribution in [3.05, 3.63) is 124 Å². The smallest absolute Gasteiger partial charge is 0.416 e. The van der Waals surface area contributed by atoms with Crippen molar-refractivity contribution in [1.82, 2.24) is 4.90 Å². The summed E-state index contributed by atoms with van der Waals surface area (Å²) in [7, 11) is 2.80. The number of halogens is 6. The summed E-state index contributed by atoms with van der Waals surface area (Å²) in [5.74, 6) is -4.42. The number of esters is 3. The number of rotatable bonds is 14. The van der Waals surface area contributed by atoms with Crippen molar-refractivity contribution in [2.24, 2.45) is 0 Å². The second-order valence-corrected chi connectivity index (χ2v) is 12.7. The summed E-state index contributed by atoms with van der Waals surface area (Å²) in [5, 5.41) is 2.51. The molecule has 0 aromatic heterocycles. The fraction of sp³-hybridized carbons (Fsp3) is 0.293. The molecule has 10 nitrogen and oxygen atoms in total. The standard InChI is InChI=1S/C41H38F6N2O8/c1-5-55-37(53)39(38(54)56-6-2,27-12-8-7-9-13-27)21-22-57-33(50)23-26-11-10-14-32(34(26)36(52)49(3)4)48-35(51)30-20-19-29(41(45,46)47)24-31(30)25-15-17-28(18-16-25)40(42,43)44/h7-20,24H,5-6,21-23H2,1-4H3,(H,48,51). The molecule has 0 aliphatic carbocycles. The number of nitrogens with zero attached hydrogens (tertiary/aromatic N) is 1. The summed E-state index contributed by atoms with van der Waals surface area (Å²) in [5.41, 5.74) is -5.03. The van der Waals surface area contributed by atoms with Crippen molar-refractivity contribution < 1.29 is 64.5 Å². The molecule has 2 amide bonds. The Labute approximate surface area is 323 Å². The van der Waals surface area contributed by atoms with Crippen LogP contribution in [0.3, 0.4) is 0 Å². The first-order valence-corrected chi connectivity index (χ1v) is 17.4. The van der Waals surface area contributed by atoms with E-state index in [4.69, 9.17) is 14.2 Å². The Hall–Kier alpha value is -6.19. The third-order valence-corrected chi connectivity index (χ3v) is 8.72. The molecule has 4 aromatic carbocycles. The summed E-state index contributed by atoms with van der Waals surface area (Å²) in [4.78, 5) is 68.4. The van der Waals surface area contributed by atoms with Gasteiger partial charge in [-0.1, -0.05) is 54.6 Å². The van der Waals surface area contributed by atoms with Gasteiger partial charge in [-0.3, -0.25) is 24.0 Å². The van der Waals surface area contributed by atoms with Crippen LogP contribution in [0.5, 0.6) is 0 Å². The van der Waals surface area contributed by atoms with E-state index in [2.05, 4.69) is 5.32 Å². The monoisotopic (exact) mass is 800 g/mol. The summed E-state index contributed by atoms with van der Waals surface area (Å²) >= 11 is 0. The topological polar surface area (TPSA) is 128 Å². The number of ether oxygens (including phenoxy) is 3. The molecule has 0 saturated heterocycles. The Morgan fingerprint density at radius 2 is 1.25 bits per heavy atom. The van der Waals surface area contributed by atoms with E-state index < -0.39 is 71.6 Å². The molecule has 0 aliphatic heterocycles. The molecule has 0 heterocycles. The van der Waals surface area contributed by atoms with E-state index in [1.54, 1.807) is 32.0 Å². The van der Waals surface area contributed by atoms with Crippen LogP contribution in [0.4, 0.5) is 32.0 Å². The Kier molecular flexibility index (Phi) is 13.9. The van der Waals surface area contributed by atoms with E-state index in [0.717, 1.165) is 23.1 Å². The first kappa shape index (κ1) is 43.5. The molecule has 0 radical (unpaired) electrons. The zero-order valence-electron chi connectivity index (χ0n) is 31.2. The Morgan fingerprint density at radius 3 is 1.79 bits per heavy atom. The van der Waals surface area contributed by atoms with E-state index in [1.807, 2.05) is 0 Å². The number of hydrogen-bond acceptors (Lipinski definition) is 8. The molecule has 4 aromatic rings. The molecule has 0 unspecified atom stereocenters. The maximum absolute atomic E-state index is 13.8. The number of alkyl halides is 6. The number of anilines is 1. The van der Waals surface area contributed by atoms with Gasteiger partial charge in [-0.2, -0.15) is 26.3 Å². The average Bonchev–Trinajstić information content (AvgIpc) is 3.16. The van der Waals surface area contributed by atoms with Gasteiger partial charge in [0.05, 0.1) is 48.6 Å². The number of carbonyl (C=O) groups excluding carboxylic acids is 5. The van der Waals surface area contributed by atoms with Crippen molar-refractivity contribution in [2.75, 3.05) is 39.2 Å². The van der Waals surface area contributed by atoms with E-state index >= 15 is 0 Å². The maximum atomic E-state index is 13.8. The van der Waals surface area contributed by atoms with Crippen molar-refractivity contribution in [3.63, 3.8) is 0 Å². The van der Waals surface area contributed by atoms with Crippen molar-refractivity contribution in [1.29, 1.82) is 0 Å². The molecular formula is C41H38F6N2O8. The van der Waals surface area contributed by atoms with Crippen LogP contribution in [-0.2, 0) is 52.8 Å². The first-order chi connectivity index (χ1) is 26.8. The lowest BCUT2D eigenvalue weighted by Crippen LogP contribution is -2.47. The third kappa shape index (κ3) is 10.2. The van der Waals surface area contributed by atoms with Crippen LogP contribution >= 0.6 is 0 Å². The van der Waals surface area contributed by atoms with Crippen LogP contribution in [0.15, 0.2) is 91.0 Å². The molecule has 16 heteroatoms. The molecule has 0 fully saturated rings. The van der Waals surface area contributed by atoms with Crippen LogP contribution in [0.25, 0.3) is 11.1 Å². The third-order valence-electron chi connectivity index (χ3n) is 8.72. The molecule has 4 rings (SSSR count). The Morgan fingerprint density at radius 1 is 0.667 bits per heavy atom. The van der Waals surface area contributed by atoms with Gasteiger partial charge in [0, 0.05) is 26.1 Å². The van der Waals surface area contributed by atoms with Gasteiger partial charge in [0.2, 0.25) is 0 Å². The van der Waals surface area contributed by atoms with Gasteiger partial charge in [0.15, 0.2) is 5.41 Å². The average molecular weight is 801 g/mol. The minimum absolute atomic E-state index is 0.0581. The highest BCUT2D eigenvalue weighted by Crippen LogP contribution is 2.37. The molecule has 57 heavy (non-hydrogen) atoms. The van der Waals surface area contributed by atoms with Crippen LogP contribution < -0.4 is 5.32 Å². The van der Waals surface area contributed by atoms with Gasteiger partial charge in [-0.15, -0.1) is 0 Å². The maximum Gasteiger partial charge on any atom is 0.416 e. The summed E-state index contributed by atoms with van der Waals surface area (Å²) < 4.78 is 96.9. The summed E-state index contributed by atoms with van der Waals surface area (Å²) in [6.07, 6.45) is -10.5. The zero-order chi connectivity index (χ0) is 42.1. The van der Waals surface area contributed by atoms with Crippen LogP contribution in [-0.4, -0.2) is 68.5 Å². The minimum Gasteiger partial charge on any atom is -0.465 e. The zero-order valence-corrected chi connectivity index (χ0v) is 31.2. The van der Waals surface area contributed by atoms with E-state index in [0.29, 0.717) is 24.3 Å². The van der Waals surface area contributed by atoms with Gasteiger partial charge in [-0.25, -0.2) is 0 Å². The highest BCUT2D eigenvalue weighted by Gasteiger charge is 2.50. The first-order valence-electron chi connectivity index (χ1n) is 17.4. The fourth-order valence-electron chi connectivity index (χ4n) is 5.94. The highest BCUT2D eigenvalue weighted by atomic mass is 19.4.